The maximum atomic E-state index is 14.4. The van der Waals surface area contributed by atoms with Crippen LogP contribution < -0.4 is 10.4 Å². The molecular weight excluding hydrogens is 362 g/mol. The summed E-state index contributed by atoms with van der Waals surface area (Å²) in [5, 5.41) is 28.0. The van der Waals surface area contributed by atoms with Crippen LogP contribution in [0.3, 0.4) is 0 Å². The van der Waals surface area contributed by atoms with Gasteiger partial charge in [0.15, 0.2) is 23.3 Å². The number of hydrogen-bond donors (Lipinski definition) is 0. The summed E-state index contributed by atoms with van der Waals surface area (Å²) in [7, 11) is 0. The van der Waals surface area contributed by atoms with Crippen LogP contribution >= 0.6 is 0 Å². The van der Waals surface area contributed by atoms with Gasteiger partial charge in [0.1, 0.15) is 47.1 Å². The molecule has 2 aromatic rings. The normalized spacial score (nSPS) is 9.77. The van der Waals surface area contributed by atoms with Gasteiger partial charge < -0.3 is 0 Å². The van der Waals surface area contributed by atoms with E-state index in [1.165, 1.54) is 0 Å². The second-order valence-corrected chi connectivity index (χ2v) is 4.58. The molecule has 2 rings (SSSR count). The molecule has 0 aliphatic heterocycles. The molecule has 10 heteroatoms. The van der Waals surface area contributed by atoms with Crippen molar-refractivity contribution in [1.29, 1.82) is 21.0 Å². The summed E-state index contributed by atoms with van der Waals surface area (Å²) < 4.78 is 85.4. The molecule has 0 bridgehead atoms. The van der Waals surface area contributed by atoms with Gasteiger partial charge in [-0.15, -0.1) is 0 Å². The maximum absolute atomic E-state index is 14.4. The summed E-state index contributed by atoms with van der Waals surface area (Å²) >= 11 is 0. The van der Waals surface area contributed by atoms with Crippen LogP contribution in [0.5, 0.6) is 0 Å². The third kappa shape index (κ3) is 2.30. The van der Waals surface area contributed by atoms with Crippen molar-refractivity contribution in [2.45, 2.75) is 0 Å². The lowest BCUT2D eigenvalue weighted by Gasteiger charge is -2.09. The quantitative estimate of drug-likeness (QED) is 0.530. The van der Waals surface area contributed by atoms with Crippen molar-refractivity contribution in [2.75, 3.05) is 0 Å². The summed E-state index contributed by atoms with van der Waals surface area (Å²) in [4.78, 5) is 0. The van der Waals surface area contributed by atoms with Crippen molar-refractivity contribution in [3.8, 4) is 24.3 Å². The lowest BCUT2D eigenvalue weighted by Crippen LogP contribution is -2.25. The van der Waals surface area contributed by atoms with Crippen molar-refractivity contribution in [3.05, 3.63) is 45.3 Å². The molecule has 4 nitrogen and oxygen atoms in total. The zero-order valence-electron chi connectivity index (χ0n) is 12.1. The van der Waals surface area contributed by atoms with Crippen LogP contribution in [0.25, 0.3) is 21.9 Å². The van der Waals surface area contributed by atoms with Crippen LogP contribution in [0.4, 0.5) is 26.3 Å². The predicted molar refractivity (Wildman–Crippen MR) is 72.2 cm³/mol. The molecule has 26 heavy (non-hydrogen) atoms. The van der Waals surface area contributed by atoms with E-state index in [1.54, 1.807) is 0 Å². The van der Waals surface area contributed by atoms with Crippen LogP contribution in [0, 0.1) is 80.2 Å². The maximum Gasteiger partial charge on any atom is 0.171 e. The lowest BCUT2D eigenvalue weighted by atomic mass is 10.0. The molecule has 0 spiro atoms. The van der Waals surface area contributed by atoms with Gasteiger partial charge in [-0.3, -0.25) is 0 Å². The first-order chi connectivity index (χ1) is 12.3. The van der Waals surface area contributed by atoms with E-state index in [9.17, 15) is 26.3 Å². The fraction of sp³-hybridized carbons (Fsp3) is 0. The highest BCUT2D eigenvalue weighted by Crippen LogP contribution is 2.26. The zero-order chi connectivity index (χ0) is 19.8. The smallest absolute Gasteiger partial charge is 0.171 e. The van der Waals surface area contributed by atoms with Crippen molar-refractivity contribution < 1.29 is 26.3 Å². The highest BCUT2D eigenvalue weighted by atomic mass is 19.2. The van der Waals surface area contributed by atoms with E-state index in [2.05, 4.69) is 0 Å². The highest BCUT2D eigenvalue weighted by molar-refractivity contribution is 5.89. The van der Waals surface area contributed by atoms with E-state index in [4.69, 9.17) is 21.0 Å². The fourth-order valence-electron chi connectivity index (χ4n) is 2.23. The molecule has 0 unspecified atom stereocenters. The van der Waals surface area contributed by atoms with E-state index in [1.807, 2.05) is 0 Å². The largest absolute Gasteiger partial charge is 0.205 e. The Kier molecular flexibility index (Phi) is 4.56. The monoisotopic (exact) mass is 362 g/mol. The van der Waals surface area contributed by atoms with E-state index in [0.29, 0.717) is 0 Å². The third-order valence-electron chi connectivity index (χ3n) is 3.34. The second kappa shape index (κ2) is 6.47. The summed E-state index contributed by atoms with van der Waals surface area (Å²) in [6, 6.07) is 4.19. The Morgan fingerprint density at radius 3 is 0.962 bits per heavy atom. The number of halogens is 6. The third-order valence-corrected chi connectivity index (χ3v) is 3.34. The van der Waals surface area contributed by atoms with E-state index in [-0.39, 0.29) is 0 Å². The molecule has 126 valence electrons. The molecule has 0 fully saturated rings. The molecule has 0 atom stereocenters. The molecule has 2 aromatic carbocycles. The average molecular weight is 362 g/mol. The van der Waals surface area contributed by atoms with Gasteiger partial charge >= 0.3 is 0 Å². The Morgan fingerprint density at radius 1 is 0.462 bits per heavy atom. The number of benzene rings is 2. The number of fused-ring (bicyclic) bond motifs is 1. The molecule has 0 saturated heterocycles. The van der Waals surface area contributed by atoms with Crippen LogP contribution in [-0.4, -0.2) is 0 Å². The number of nitrogens with zero attached hydrogens (tertiary/aromatic N) is 4. The predicted octanol–water partition coefficient (Wildman–Crippen LogP) is 2.07. The van der Waals surface area contributed by atoms with Gasteiger partial charge in [0.2, 0.25) is 0 Å². The van der Waals surface area contributed by atoms with E-state index in [0.717, 1.165) is 24.3 Å². The Balaban J connectivity index is 3.48. The fourth-order valence-corrected chi connectivity index (χ4v) is 2.23. The van der Waals surface area contributed by atoms with Gasteiger partial charge in [-0.1, -0.05) is 0 Å². The SMILES string of the molecule is N#CC(C#N)=c1c(F)c(F)c2c(F)c(=C(C#N)C#N)c(F)c(F)c2c1F. The van der Waals surface area contributed by atoms with Crippen molar-refractivity contribution in [3.63, 3.8) is 0 Å². The topological polar surface area (TPSA) is 95.2 Å². The number of rotatable bonds is 0. The van der Waals surface area contributed by atoms with Gasteiger partial charge in [0, 0.05) is 0 Å². The van der Waals surface area contributed by atoms with Gasteiger partial charge in [-0.2, -0.15) is 21.0 Å². The standard InChI is InChI=1S/C16F6N4/c17-11-7(5(1-23)2-24)13(19)15(21)10-9(11)16(22)14(20)8(12(10)18)6(3-25)4-26. The van der Waals surface area contributed by atoms with Crippen molar-refractivity contribution >= 4 is 21.9 Å². The second-order valence-electron chi connectivity index (χ2n) is 4.58. The zero-order valence-corrected chi connectivity index (χ0v) is 12.1. The van der Waals surface area contributed by atoms with Crippen LogP contribution in [0.1, 0.15) is 0 Å². The minimum absolute atomic E-state index is 1.05. The average Bonchev–Trinajstić information content (AvgIpc) is 2.63. The first-order valence-electron chi connectivity index (χ1n) is 6.28. The summed E-state index contributed by atoms with van der Waals surface area (Å²) in [6.45, 7) is 0. The van der Waals surface area contributed by atoms with E-state index >= 15 is 0 Å². The molecule has 0 aliphatic rings. The molecule has 0 aliphatic carbocycles. The lowest BCUT2D eigenvalue weighted by molar-refractivity contribution is 0.471. The Morgan fingerprint density at radius 2 is 0.731 bits per heavy atom. The summed E-state index contributed by atoms with van der Waals surface area (Å²) in [6.07, 6.45) is 0. The van der Waals surface area contributed by atoms with Crippen LogP contribution in [0.2, 0.25) is 0 Å². The minimum Gasteiger partial charge on any atom is -0.205 e. The first-order valence-corrected chi connectivity index (χ1v) is 6.28. The molecular formula is C16F6N4. The van der Waals surface area contributed by atoms with Gasteiger partial charge in [0.05, 0.1) is 21.2 Å². The highest BCUT2D eigenvalue weighted by Gasteiger charge is 2.28. The van der Waals surface area contributed by atoms with E-state index < -0.39 is 67.3 Å². The Hall–Kier alpha value is -4.02. The molecule has 0 aromatic heterocycles. The van der Waals surface area contributed by atoms with Crippen LogP contribution in [0.15, 0.2) is 0 Å². The number of hydrogen-bond acceptors (Lipinski definition) is 4. The summed E-state index contributed by atoms with van der Waals surface area (Å²) in [5.74, 6) is -13.0. The molecule has 0 N–H and O–H groups in total. The molecule has 0 heterocycles. The Bertz CT molecular complexity index is 1150. The molecule has 0 radical (unpaired) electrons. The Labute approximate surface area is 139 Å². The van der Waals surface area contributed by atoms with Crippen LogP contribution in [-0.2, 0) is 0 Å². The van der Waals surface area contributed by atoms with Gasteiger partial charge in [0.25, 0.3) is 0 Å². The summed E-state index contributed by atoms with van der Waals surface area (Å²) in [5.41, 5.74) is -2.60. The van der Waals surface area contributed by atoms with Gasteiger partial charge in [-0.25, -0.2) is 26.3 Å². The van der Waals surface area contributed by atoms with Crippen molar-refractivity contribution in [1.82, 2.24) is 0 Å². The minimum atomic E-state index is -2.23. The molecule has 0 saturated carbocycles. The van der Waals surface area contributed by atoms with Crippen molar-refractivity contribution in [2.24, 2.45) is 0 Å². The first kappa shape index (κ1) is 18.3. The molecule has 0 amide bonds. The van der Waals surface area contributed by atoms with Gasteiger partial charge in [-0.05, 0) is 0 Å². The number of nitriles is 4.